The molecular weight excluding hydrogens is 198 g/mol. The maximum Gasteiger partial charge on any atom is 0.101 e. The molecule has 0 atom stereocenters. The van der Waals surface area contributed by atoms with E-state index in [1.807, 2.05) is 18.2 Å². The van der Waals surface area contributed by atoms with E-state index >= 15 is 0 Å². The van der Waals surface area contributed by atoms with Gasteiger partial charge in [0.1, 0.15) is 6.07 Å². The Labute approximate surface area is 97.5 Å². The summed E-state index contributed by atoms with van der Waals surface area (Å²) in [6, 6.07) is 8.49. The van der Waals surface area contributed by atoms with Crippen molar-refractivity contribution >= 4 is 5.69 Å². The van der Waals surface area contributed by atoms with Crippen LogP contribution >= 0.6 is 0 Å². The number of hydrogen-bond acceptors (Lipinski definition) is 3. The summed E-state index contributed by atoms with van der Waals surface area (Å²) in [6.07, 6.45) is 0. The average Bonchev–Trinajstić information content (AvgIpc) is 2.29. The largest absolute Gasteiger partial charge is 0.368 e. The van der Waals surface area contributed by atoms with E-state index in [1.54, 1.807) is 0 Å². The van der Waals surface area contributed by atoms with Crippen LogP contribution < -0.4 is 10.6 Å². The molecule has 3 heteroatoms. The first kappa shape index (κ1) is 12.5. The SMILES string of the molecule is CCN(c1ccc(CN)cc1C#N)C(C)C. The first-order chi connectivity index (χ1) is 7.63. The van der Waals surface area contributed by atoms with Gasteiger partial charge in [-0.3, -0.25) is 0 Å². The number of benzene rings is 1. The summed E-state index contributed by atoms with van der Waals surface area (Å²) in [5.74, 6) is 0. The van der Waals surface area contributed by atoms with Crippen LogP contribution in [0.2, 0.25) is 0 Å². The highest BCUT2D eigenvalue weighted by atomic mass is 15.1. The van der Waals surface area contributed by atoms with Crippen molar-refractivity contribution in [2.45, 2.75) is 33.4 Å². The zero-order valence-electron chi connectivity index (χ0n) is 10.2. The summed E-state index contributed by atoms with van der Waals surface area (Å²) < 4.78 is 0. The molecule has 0 heterocycles. The fourth-order valence-corrected chi connectivity index (χ4v) is 1.86. The van der Waals surface area contributed by atoms with Crippen LogP contribution in [0, 0.1) is 11.3 Å². The van der Waals surface area contributed by atoms with Crippen LogP contribution in [0.1, 0.15) is 31.9 Å². The highest BCUT2D eigenvalue weighted by Crippen LogP contribution is 2.23. The number of anilines is 1. The van der Waals surface area contributed by atoms with Gasteiger partial charge in [-0.05, 0) is 38.5 Å². The normalized spacial score (nSPS) is 10.2. The minimum Gasteiger partial charge on any atom is -0.368 e. The molecular formula is C13H19N3. The van der Waals surface area contributed by atoms with Gasteiger partial charge in [0.25, 0.3) is 0 Å². The Morgan fingerprint density at radius 1 is 1.44 bits per heavy atom. The number of hydrogen-bond donors (Lipinski definition) is 1. The van der Waals surface area contributed by atoms with Crippen molar-refractivity contribution in [3.05, 3.63) is 29.3 Å². The molecule has 0 bridgehead atoms. The molecule has 0 radical (unpaired) electrons. The molecule has 0 saturated carbocycles. The van der Waals surface area contributed by atoms with Crippen molar-refractivity contribution < 1.29 is 0 Å². The van der Waals surface area contributed by atoms with Crippen molar-refractivity contribution in [2.75, 3.05) is 11.4 Å². The van der Waals surface area contributed by atoms with E-state index in [-0.39, 0.29) is 0 Å². The molecule has 86 valence electrons. The smallest absolute Gasteiger partial charge is 0.101 e. The Hall–Kier alpha value is -1.53. The van der Waals surface area contributed by atoms with E-state index in [4.69, 9.17) is 11.0 Å². The molecule has 0 amide bonds. The van der Waals surface area contributed by atoms with E-state index in [0.29, 0.717) is 18.2 Å². The average molecular weight is 217 g/mol. The highest BCUT2D eigenvalue weighted by Gasteiger charge is 2.12. The third-order valence-corrected chi connectivity index (χ3v) is 2.69. The summed E-state index contributed by atoms with van der Waals surface area (Å²) in [5, 5.41) is 9.15. The first-order valence-electron chi connectivity index (χ1n) is 5.63. The number of nitriles is 1. The molecule has 0 saturated heterocycles. The van der Waals surface area contributed by atoms with Crippen molar-refractivity contribution in [2.24, 2.45) is 5.73 Å². The van der Waals surface area contributed by atoms with E-state index in [9.17, 15) is 0 Å². The second-order valence-corrected chi connectivity index (χ2v) is 4.05. The van der Waals surface area contributed by atoms with Gasteiger partial charge in [0.05, 0.1) is 11.3 Å². The lowest BCUT2D eigenvalue weighted by atomic mass is 10.1. The molecule has 1 aromatic rings. The van der Waals surface area contributed by atoms with Crippen LogP contribution in [0.25, 0.3) is 0 Å². The van der Waals surface area contributed by atoms with Gasteiger partial charge < -0.3 is 10.6 Å². The quantitative estimate of drug-likeness (QED) is 0.841. The summed E-state index contributed by atoms with van der Waals surface area (Å²) in [7, 11) is 0. The highest BCUT2D eigenvalue weighted by molar-refractivity contribution is 5.60. The fourth-order valence-electron chi connectivity index (χ4n) is 1.86. The second-order valence-electron chi connectivity index (χ2n) is 4.05. The van der Waals surface area contributed by atoms with Gasteiger partial charge >= 0.3 is 0 Å². The molecule has 0 aliphatic heterocycles. The lowest BCUT2D eigenvalue weighted by molar-refractivity contribution is 0.703. The molecule has 1 aromatic carbocycles. The summed E-state index contributed by atoms with van der Waals surface area (Å²) in [5.41, 5.74) is 8.27. The fraction of sp³-hybridized carbons (Fsp3) is 0.462. The van der Waals surface area contributed by atoms with E-state index < -0.39 is 0 Å². The molecule has 0 spiro atoms. The van der Waals surface area contributed by atoms with Gasteiger partial charge in [0, 0.05) is 19.1 Å². The maximum absolute atomic E-state index is 9.15. The first-order valence-corrected chi connectivity index (χ1v) is 5.63. The number of rotatable bonds is 4. The molecule has 2 N–H and O–H groups in total. The van der Waals surface area contributed by atoms with Gasteiger partial charge in [-0.1, -0.05) is 6.07 Å². The molecule has 1 rings (SSSR count). The van der Waals surface area contributed by atoms with Crippen LogP contribution in [-0.4, -0.2) is 12.6 Å². The summed E-state index contributed by atoms with van der Waals surface area (Å²) in [4.78, 5) is 2.21. The molecule has 16 heavy (non-hydrogen) atoms. The molecule has 0 aliphatic rings. The van der Waals surface area contributed by atoms with Crippen molar-refractivity contribution in [3.63, 3.8) is 0 Å². The Morgan fingerprint density at radius 2 is 2.12 bits per heavy atom. The van der Waals surface area contributed by atoms with Gasteiger partial charge in [-0.2, -0.15) is 5.26 Å². The van der Waals surface area contributed by atoms with Crippen molar-refractivity contribution in [1.82, 2.24) is 0 Å². The lowest BCUT2D eigenvalue weighted by Crippen LogP contribution is -2.31. The minimum atomic E-state index is 0.390. The zero-order chi connectivity index (χ0) is 12.1. The van der Waals surface area contributed by atoms with Crippen LogP contribution in [0.5, 0.6) is 0 Å². The topological polar surface area (TPSA) is 53.0 Å². The summed E-state index contributed by atoms with van der Waals surface area (Å²) >= 11 is 0. The van der Waals surface area contributed by atoms with Crippen LogP contribution in [0.15, 0.2) is 18.2 Å². The van der Waals surface area contributed by atoms with E-state index in [0.717, 1.165) is 17.8 Å². The molecule has 0 aromatic heterocycles. The maximum atomic E-state index is 9.15. The van der Waals surface area contributed by atoms with Crippen LogP contribution in [-0.2, 0) is 6.54 Å². The Balaban J connectivity index is 3.18. The second kappa shape index (κ2) is 5.53. The van der Waals surface area contributed by atoms with Crippen molar-refractivity contribution in [1.29, 1.82) is 5.26 Å². The minimum absolute atomic E-state index is 0.390. The lowest BCUT2D eigenvalue weighted by Gasteiger charge is -2.28. The van der Waals surface area contributed by atoms with Gasteiger partial charge in [-0.25, -0.2) is 0 Å². The van der Waals surface area contributed by atoms with Crippen LogP contribution in [0.4, 0.5) is 5.69 Å². The van der Waals surface area contributed by atoms with Crippen LogP contribution in [0.3, 0.4) is 0 Å². The third-order valence-electron chi connectivity index (χ3n) is 2.69. The Bertz CT molecular complexity index is 391. The Morgan fingerprint density at radius 3 is 2.56 bits per heavy atom. The summed E-state index contributed by atoms with van der Waals surface area (Å²) in [6.45, 7) is 7.72. The van der Waals surface area contributed by atoms with Gasteiger partial charge in [0.15, 0.2) is 0 Å². The van der Waals surface area contributed by atoms with E-state index in [1.165, 1.54) is 0 Å². The predicted molar refractivity (Wildman–Crippen MR) is 67.2 cm³/mol. The standard InChI is InChI=1S/C13H19N3/c1-4-16(10(2)3)13-6-5-11(8-14)7-12(13)9-15/h5-7,10H,4,8,14H2,1-3H3. The predicted octanol–water partition coefficient (Wildman–Crippen LogP) is 2.25. The van der Waals surface area contributed by atoms with Gasteiger partial charge in [0.2, 0.25) is 0 Å². The Kier molecular flexibility index (Phi) is 4.33. The molecule has 0 unspecified atom stereocenters. The molecule has 3 nitrogen and oxygen atoms in total. The third kappa shape index (κ3) is 2.53. The van der Waals surface area contributed by atoms with Gasteiger partial charge in [-0.15, -0.1) is 0 Å². The zero-order valence-corrected chi connectivity index (χ0v) is 10.2. The number of nitrogens with zero attached hydrogens (tertiary/aromatic N) is 2. The molecule has 0 aliphatic carbocycles. The van der Waals surface area contributed by atoms with Crippen molar-refractivity contribution in [3.8, 4) is 6.07 Å². The van der Waals surface area contributed by atoms with E-state index in [2.05, 4.69) is 31.7 Å². The molecule has 0 fully saturated rings. The number of nitrogens with two attached hydrogens (primary N) is 1. The monoisotopic (exact) mass is 217 g/mol.